The average molecular weight is 446 g/mol. The second-order valence-electron chi connectivity index (χ2n) is 6.79. The molecule has 5 aromatic rings. The lowest BCUT2D eigenvalue weighted by Crippen LogP contribution is -2.13. The van der Waals surface area contributed by atoms with Crippen molar-refractivity contribution in [2.45, 2.75) is 6.92 Å². The summed E-state index contributed by atoms with van der Waals surface area (Å²) in [5.41, 5.74) is 1.93. The zero-order chi connectivity index (χ0) is 22.2. The molecule has 0 spiro atoms. The molecule has 0 atom stereocenters. The van der Waals surface area contributed by atoms with Crippen LogP contribution in [0.3, 0.4) is 0 Å². The summed E-state index contributed by atoms with van der Waals surface area (Å²) < 4.78 is 3.50. The lowest BCUT2D eigenvalue weighted by Gasteiger charge is -2.06. The first-order chi connectivity index (χ1) is 15.5. The van der Waals surface area contributed by atoms with Crippen LogP contribution in [-0.2, 0) is 0 Å². The molecule has 12 heteroatoms. The van der Waals surface area contributed by atoms with Crippen molar-refractivity contribution in [3.05, 3.63) is 82.3 Å². The molecule has 0 saturated heterocycles. The second-order valence-corrected chi connectivity index (χ2v) is 7.77. The fraction of sp³-hybridized carbons (Fsp3) is 0.0500. The number of nitro groups is 1. The molecule has 1 amide bonds. The van der Waals surface area contributed by atoms with Gasteiger partial charge in [0.15, 0.2) is 4.96 Å². The Balaban J connectivity index is 1.42. The van der Waals surface area contributed by atoms with Gasteiger partial charge >= 0.3 is 0 Å². The van der Waals surface area contributed by atoms with E-state index in [4.69, 9.17) is 0 Å². The molecule has 0 radical (unpaired) electrons. The molecule has 0 aliphatic carbocycles. The van der Waals surface area contributed by atoms with Crippen LogP contribution < -0.4 is 5.32 Å². The smallest absolute Gasteiger partial charge is 0.270 e. The summed E-state index contributed by atoms with van der Waals surface area (Å²) in [4.78, 5) is 41.4. The number of rotatable bonds is 5. The molecular formula is C20H14N8O3S. The molecule has 32 heavy (non-hydrogen) atoms. The third-order valence-electron chi connectivity index (χ3n) is 4.78. The maximum Gasteiger partial charge on any atom is 0.270 e. The number of non-ortho nitro benzene ring substituents is 1. The third kappa shape index (κ3) is 3.48. The lowest BCUT2D eigenvalue weighted by atomic mass is 10.1. The molecule has 0 saturated carbocycles. The zero-order valence-electron chi connectivity index (χ0n) is 16.5. The quantitative estimate of drug-likeness (QED) is 0.323. The minimum absolute atomic E-state index is 0.00411. The first kappa shape index (κ1) is 19.5. The summed E-state index contributed by atoms with van der Waals surface area (Å²) in [6, 6.07) is 7.93. The van der Waals surface area contributed by atoms with Gasteiger partial charge in [0, 0.05) is 48.0 Å². The number of aryl methyl sites for hydroxylation is 1. The Hall–Kier alpha value is -4.45. The number of hydrogen-bond acceptors (Lipinski definition) is 8. The van der Waals surface area contributed by atoms with E-state index in [1.165, 1.54) is 29.8 Å². The van der Waals surface area contributed by atoms with Gasteiger partial charge in [0.25, 0.3) is 11.6 Å². The highest BCUT2D eigenvalue weighted by Gasteiger charge is 2.19. The molecule has 1 N–H and O–H groups in total. The number of nitro benzene ring substituents is 1. The van der Waals surface area contributed by atoms with Gasteiger partial charge in [0.05, 0.1) is 10.6 Å². The summed E-state index contributed by atoms with van der Waals surface area (Å²) >= 11 is 1.23. The molecule has 4 aromatic heterocycles. The Bertz CT molecular complexity index is 1470. The van der Waals surface area contributed by atoms with E-state index >= 15 is 0 Å². The number of amides is 1. The van der Waals surface area contributed by atoms with Gasteiger partial charge in [0.2, 0.25) is 0 Å². The molecule has 158 valence electrons. The predicted molar refractivity (Wildman–Crippen MR) is 117 cm³/mol. The molecule has 0 fully saturated rings. The molecule has 0 bridgehead atoms. The standard InChI is InChI=1S/C20H14N8O3S/c1-12-18(19(29)25-16-8-17(23-10-22-16)26-6-5-21-11-26)32-20-24-15(9-27(12)20)13-3-2-4-14(7-13)28(30)31/h2-11H,1H3,(H,22,23,25,29). The number of imidazole rings is 2. The molecular weight excluding hydrogens is 432 g/mol. The highest BCUT2D eigenvalue weighted by molar-refractivity contribution is 7.19. The molecule has 5 rings (SSSR count). The van der Waals surface area contributed by atoms with Gasteiger partial charge in [-0.1, -0.05) is 23.5 Å². The number of aromatic nitrogens is 6. The zero-order valence-corrected chi connectivity index (χ0v) is 17.4. The monoisotopic (exact) mass is 446 g/mol. The topological polar surface area (TPSA) is 133 Å². The number of carbonyl (C=O) groups is 1. The van der Waals surface area contributed by atoms with E-state index < -0.39 is 4.92 Å². The molecule has 1 aromatic carbocycles. The maximum atomic E-state index is 12.9. The number of benzene rings is 1. The Morgan fingerprint density at radius 1 is 1.25 bits per heavy atom. The molecule has 0 aliphatic heterocycles. The fourth-order valence-electron chi connectivity index (χ4n) is 3.20. The van der Waals surface area contributed by atoms with E-state index in [2.05, 4.69) is 25.3 Å². The van der Waals surface area contributed by atoms with E-state index in [1.54, 1.807) is 52.1 Å². The van der Waals surface area contributed by atoms with Gasteiger partial charge in [-0.2, -0.15) is 0 Å². The summed E-state index contributed by atoms with van der Waals surface area (Å²) in [5.74, 6) is 0.619. The van der Waals surface area contributed by atoms with Gasteiger partial charge in [-0.15, -0.1) is 0 Å². The normalized spacial score (nSPS) is 11.0. The van der Waals surface area contributed by atoms with Crippen LogP contribution in [0, 0.1) is 17.0 Å². The third-order valence-corrected chi connectivity index (χ3v) is 5.93. The van der Waals surface area contributed by atoms with Crippen molar-refractivity contribution in [2.75, 3.05) is 5.32 Å². The lowest BCUT2D eigenvalue weighted by molar-refractivity contribution is -0.384. The Labute approximate surface area is 184 Å². The van der Waals surface area contributed by atoms with Crippen molar-refractivity contribution in [2.24, 2.45) is 0 Å². The van der Waals surface area contributed by atoms with Crippen LogP contribution in [-0.4, -0.2) is 39.7 Å². The maximum absolute atomic E-state index is 12.9. The summed E-state index contributed by atoms with van der Waals surface area (Å²) in [6.07, 6.45) is 8.10. The highest BCUT2D eigenvalue weighted by atomic mass is 32.1. The van der Waals surface area contributed by atoms with Crippen LogP contribution in [0.2, 0.25) is 0 Å². The number of hydrogen-bond donors (Lipinski definition) is 1. The number of carbonyl (C=O) groups excluding carboxylic acids is 1. The second kappa shape index (κ2) is 7.67. The summed E-state index contributed by atoms with van der Waals surface area (Å²) in [5, 5.41) is 13.8. The van der Waals surface area contributed by atoms with Crippen LogP contribution in [0.5, 0.6) is 0 Å². The highest BCUT2D eigenvalue weighted by Crippen LogP contribution is 2.29. The van der Waals surface area contributed by atoms with Crippen LogP contribution >= 0.6 is 11.3 Å². The van der Waals surface area contributed by atoms with Crippen molar-refractivity contribution in [1.82, 2.24) is 28.9 Å². The number of nitrogens with zero attached hydrogens (tertiary/aromatic N) is 7. The van der Waals surface area contributed by atoms with Gasteiger partial charge in [-0.05, 0) is 6.92 Å². The van der Waals surface area contributed by atoms with Crippen LogP contribution in [0.1, 0.15) is 15.4 Å². The van der Waals surface area contributed by atoms with E-state index in [0.717, 1.165) is 0 Å². The van der Waals surface area contributed by atoms with Crippen molar-refractivity contribution >= 4 is 33.7 Å². The Morgan fingerprint density at radius 2 is 2.12 bits per heavy atom. The van der Waals surface area contributed by atoms with Crippen molar-refractivity contribution in [1.29, 1.82) is 0 Å². The molecule has 0 unspecified atom stereocenters. The van der Waals surface area contributed by atoms with Gasteiger partial charge in [0.1, 0.15) is 29.2 Å². The largest absolute Gasteiger partial charge is 0.306 e. The van der Waals surface area contributed by atoms with E-state index in [9.17, 15) is 14.9 Å². The van der Waals surface area contributed by atoms with Crippen LogP contribution in [0.4, 0.5) is 11.5 Å². The van der Waals surface area contributed by atoms with Crippen molar-refractivity contribution in [3.8, 4) is 17.1 Å². The first-order valence-corrected chi connectivity index (χ1v) is 10.2. The SMILES string of the molecule is Cc1c(C(=O)Nc2cc(-n3ccnc3)ncn2)sc2nc(-c3cccc([N+](=O)[O-])c3)cn12. The summed E-state index contributed by atoms with van der Waals surface area (Å²) in [6.45, 7) is 1.81. The minimum atomic E-state index is -0.443. The molecule has 11 nitrogen and oxygen atoms in total. The van der Waals surface area contributed by atoms with Crippen LogP contribution in [0.15, 0.2) is 61.6 Å². The Kier molecular flexibility index (Phi) is 4.67. The van der Waals surface area contributed by atoms with Crippen molar-refractivity contribution in [3.63, 3.8) is 0 Å². The summed E-state index contributed by atoms with van der Waals surface area (Å²) in [7, 11) is 0. The van der Waals surface area contributed by atoms with Gasteiger partial charge in [-0.3, -0.25) is 23.9 Å². The fourth-order valence-corrected chi connectivity index (χ4v) is 4.21. The number of thiazole rings is 1. The van der Waals surface area contributed by atoms with Gasteiger partial charge in [-0.25, -0.2) is 19.9 Å². The van der Waals surface area contributed by atoms with E-state index in [-0.39, 0.29) is 11.6 Å². The minimum Gasteiger partial charge on any atom is -0.306 e. The number of nitrogens with one attached hydrogen (secondary N) is 1. The number of anilines is 1. The average Bonchev–Trinajstić information content (AvgIpc) is 3.52. The van der Waals surface area contributed by atoms with Gasteiger partial charge < -0.3 is 5.32 Å². The number of fused-ring (bicyclic) bond motifs is 1. The van der Waals surface area contributed by atoms with Crippen molar-refractivity contribution < 1.29 is 9.72 Å². The first-order valence-electron chi connectivity index (χ1n) is 9.34. The molecule has 4 heterocycles. The molecule has 0 aliphatic rings. The van der Waals surface area contributed by atoms with E-state index in [0.29, 0.717) is 38.4 Å². The predicted octanol–water partition coefficient (Wildman–Crippen LogP) is 3.51. The Morgan fingerprint density at radius 3 is 2.88 bits per heavy atom. The van der Waals surface area contributed by atoms with E-state index in [1.807, 2.05) is 6.92 Å². The van der Waals surface area contributed by atoms with Crippen LogP contribution in [0.25, 0.3) is 22.0 Å².